The Labute approximate surface area is 140 Å². The number of benzene rings is 1. The van der Waals surface area contributed by atoms with Crippen LogP contribution in [0.15, 0.2) is 34.0 Å². The number of pyridine rings is 1. The van der Waals surface area contributed by atoms with Gasteiger partial charge in [0.1, 0.15) is 0 Å². The molecular formula is C11H9F3NNaO4S. The zero-order chi connectivity index (χ0) is 15.3. The summed E-state index contributed by atoms with van der Waals surface area (Å²) < 4.78 is 70.5. The summed E-state index contributed by atoms with van der Waals surface area (Å²) in [5.74, 6) is 0. The average molecular weight is 331 g/mol. The van der Waals surface area contributed by atoms with Gasteiger partial charge in [-0.3, -0.25) is 9.35 Å². The van der Waals surface area contributed by atoms with E-state index >= 15 is 0 Å². The Bertz CT molecular complexity index is 864. The van der Waals surface area contributed by atoms with Crippen molar-refractivity contribution in [1.82, 2.24) is 4.57 Å². The smallest absolute Gasteiger partial charge is 1.00 e. The predicted octanol–water partition coefficient (Wildman–Crippen LogP) is -1.08. The summed E-state index contributed by atoms with van der Waals surface area (Å²) in [6.07, 6.45) is -4.82. The first-order valence-corrected chi connectivity index (χ1v) is 6.64. The first-order chi connectivity index (χ1) is 9.01. The van der Waals surface area contributed by atoms with Crippen molar-refractivity contribution >= 4 is 21.0 Å². The predicted molar refractivity (Wildman–Crippen MR) is 65.1 cm³/mol. The number of nitrogens with zero attached hydrogens (tertiary/aromatic N) is 1. The zero-order valence-corrected chi connectivity index (χ0v) is 13.8. The molecule has 0 aliphatic rings. The second kappa shape index (κ2) is 5.73. The molecule has 5 nitrogen and oxygen atoms in total. The maximum absolute atomic E-state index is 12.9. The summed E-state index contributed by atoms with van der Waals surface area (Å²) >= 11 is 0. The third-order valence-corrected chi connectivity index (χ3v) is 3.67. The second-order valence-electron chi connectivity index (χ2n) is 4.11. The Balaban J connectivity index is 0.00000220. The van der Waals surface area contributed by atoms with Crippen LogP contribution in [0, 0.1) is 0 Å². The van der Waals surface area contributed by atoms with Crippen LogP contribution >= 0.6 is 0 Å². The molecule has 0 amide bonds. The van der Waals surface area contributed by atoms with Gasteiger partial charge in [0, 0.05) is 18.5 Å². The Morgan fingerprint density at radius 2 is 1.81 bits per heavy atom. The van der Waals surface area contributed by atoms with Gasteiger partial charge in [-0.25, -0.2) is 0 Å². The molecule has 1 heterocycles. The van der Waals surface area contributed by atoms with Gasteiger partial charge in [-0.1, -0.05) is 0 Å². The third kappa shape index (κ3) is 3.49. The molecule has 1 N–H and O–H groups in total. The SMILES string of the molecule is Cn1c(=O)cc(C(F)(F)F)c2cc(S(=O)(=O)O)ccc21.[H-].[Na+]. The molecule has 0 saturated carbocycles. The largest absolute Gasteiger partial charge is 1.00 e. The van der Waals surface area contributed by atoms with Crippen LogP contribution in [0.1, 0.15) is 6.99 Å². The normalized spacial score (nSPS) is 12.2. The number of aromatic nitrogens is 1. The number of halogens is 3. The molecule has 0 unspecified atom stereocenters. The topological polar surface area (TPSA) is 76.4 Å². The minimum atomic E-state index is -4.82. The Hall–Kier alpha value is -0.870. The molecule has 2 aromatic rings. The van der Waals surface area contributed by atoms with Gasteiger partial charge >= 0.3 is 35.7 Å². The van der Waals surface area contributed by atoms with E-state index in [-0.39, 0.29) is 36.5 Å². The van der Waals surface area contributed by atoms with E-state index in [1.54, 1.807) is 0 Å². The van der Waals surface area contributed by atoms with Gasteiger partial charge in [0.25, 0.3) is 15.7 Å². The average Bonchev–Trinajstić information content (AvgIpc) is 2.30. The van der Waals surface area contributed by atoms with Crippen LogP contribution in [0.25, 0.3) is 10.9 Å². The fraction of sp³-hybridized carbons (Fsp3) is 0.182. The first kappa shape index (κ1) is 18.2. The Kier molecular flexibility index (Phi) is 4.96. The van der Waals surface area contributed by atoms with Gasteiger partial charge in [-0.15, -0.1) is 0 Å². The molecule has 21 heavy (non-hydrogen) atoms. The molecule has 0 radical (unpaired) electrons. The Morgan fingerprint density at radius 1 is 1.24 bits per heavy atom. The van der Waals surface area contributed by atoms with E-state index in [9.17, 15) is 26.4 Å². The molecule has 110 valence electrons. The van der Waals surface area contributed by atoms with Crippen molar-refractivity contribution in [1.29, 1.82) is 0 Å². The van der Waals surface area contributed by atoms with Crippen molar-refractivity contribution in [2.24, 2.45) is 7.05 Å². The van der Waals surface area contributed by atoms with Gasteiger partial charge in [-0.2, -0.15) is 21.6 Å². The van der Waals surface area contributed by atoms with E-state index in [0.29, 0.717) is 12.1 Å². The summed E-state index contributed by atoms with van der Waals surface area (Å²) in [5, 5.41) is -0.477. The van der Waals surface area contributed by atoms with E-state index < -0.39 is 37.7 Å². The molecule has 0 spiro atoms. The van der Waals surface area contributed by atoms with Crippen molar-refractivity contribution in [3.8, 4) is 0 Å². The molecule has 1 aromatic heterocycles. The molecule has 10 heteroatoms. The molecule has 0 aliphatic heterocycles. The third-order valence-electron chi connectivity index (χ3n) is 2.82. The molecule has 2 rings (SSSR count). The van der Waals surface area contributed by atoms with Crippen molar-refractivity contribution in [3.05, 3.63) is 40.2 Å². The zero-order valence-electron chi connectivity index (χ0n) is 12.0. The van der Waals surface area contributed by atoms with Crippen LogP contribution < -0.4 is 35.1 Å². The van der Waals surface area contributed by atoms with Gasteiger partial charge in [0.05, 0.1) is 16.0 Å². The fourth-order valence-electron chi connectivity index (χ4n) is 1.84. The number of hydrogen-bond acceptors (Lipinski definition) is 3. The summed E-state index contributed by atoms with van der Waals surface area (Å²) in [7, 11) is -3.37. The van der Waals surface area contributed by atoms with Crippen LogP contribution in [0.2, 0.25) is 0 Å². The first-order valence-electron chi connectivity index (χ1n) is 5.20. The van der Waals surface area contributed by atoms with Crippen molar-refractivity contribution in [2.45, 2.75) is 11.1 Å². The van der Waals surface area contributed by atoms with Crippen LogP contribution in [0.4, 0.5) is 13.2 Å². The van der Waals surface area contributed by atoms with E-state index in [4.69, 9.17) is 4.55 Å². The standard InChI is InChI=1S/C11H8F3NO4S.Na.H/c1-15-9-3-2-6(20(17,18)19)4-7(9)8(5-10(15)16)11(12,13)14;;/h2-5H,1H3,(H,17,18,19);;/q;+1;-1. The van der Waals surface area contributed by atoms with E-state index in [1.807, 2.05) is 0 Å². The summed E-state index contributed by atoms with van der Waals surface area (Å²) in [4.78, 5) is 10.8. The maximum atomic E-state index is 12.9. The van der Waals surface area contributed by atoms with Gasteiger partial charge < -0.3 is 5.99 Å². The molecule has 0 bridgehead atoms. The van der Waals surface area contributed by atoms with Crippen molar-refractivity contribution in [3.63, 3.8) is 0 Å². The van der Waals surface area contributed by atoms with E-state index in [1.165, 1.54) is 7.05 Å². The van der Waals surface area contributed by atoms with Gasteiger partial charge in [0.2, 0.25) is 0 Å². The number of alkyl halides is 3. The molecule has 1 aromatic carbocycles. The summed E-state index contributed by atoms with van der Waals surface area (Å²) in [6, 6.07) is 3.04. The summed E-state index contributed by atoms with van der Waals surface area (Å²) in [6.45, 7) is 0. The van der Waals surface area contributed by atoms with Crippen molar-refractivity contribution < 1.29 is 57.1 Å². The second-order valence-corrected chi connectivity index (χ2v) is 5.53. The van der Waals surface area contributed by atoms with Crippen LogP contribution in [-0.2, 0) is 23.3 Å². The van der Waals surface area contributed by atoms with Crippen LogP contribution in [0.3, 0.4) is 0 Å². The molecular weight excluding hydrogens is 322 g/mol. The van der Waals surface area contributed by atoms with Crippen LogP contribution in [0.5, 0.6) is 0 Å². The molecule has 0 atom stereocenters. The van der Waals surface area contributed by atoms with E-state index in [0.717, 1.165) is 16.7 Å². The number of fused-ring (bicyclic) bond motifs is 1. The summed E-state index contributed by atoms with van der Waals surface area (Å²) in [5.41, 5.74) is -2.21. The molecule has 0 saturated heterocycles. The van der Waals surface area contributed by atoms with Gasteiger partial charge in [-0.05, 0) is 18.2 Å². The van der Waals surface area contributed by atoms with E-state index in [2.05, 4.69) is 0 Å². The molecule has 0 aliphatic carbocycles. The minimum Gasteiger partial charge on any atom is -1.00 e. The number of rotatable bonds is 1. The van der Waals surface area contributed by atoms with Crippen molar-refractivity contribution in [2.75, 3.05) is 0 Å². The number of hydrogen-bond donors (Lipinski definition) is 1. The minimum absolute atomic E-state index is 0. The quantitative estimate of drug-likeness (QED) is 0.533. The fourth-order valence-corrected chi connectivity index (χ4v) is 2.34. The monoisotopic (exact) mass is 331 g/mol. The molecule has 0 fully saturated rings. The van der Waals surface area contributed by atoms with Crippen LogP contribution in [-0.4, -0.2) is 17.5 Å². The van der Waals surface area contributed by atoms with Gasteiger partial charge in [0.15, 0.2) is 0 Å². The number of aryl methyl sites for hydroxylation is 1. The maximum Gasteiger partial charge on any atom is 1.00 e. The Morgan fingerprint density at radius 3 is 2.29 bits per heavy atom.